The van der Waals surface area contributed by atoms with Crippen molar-refractivity contribution in [2.45, 2.75) is 31.8 Å². The van der Waals surface area contributed by atoms with Crippen LogP contribution in [0.1, 0.15) is 19.8 Å². The van der Waals surface area contributed by atoms with Crippen molar-refractivity contribution in [2.75, 3.05) is 13.6 Å². The molecule has 0 aromatic carbocycles. The van der Waals surface area contributed by atoms with Crippen LogP contribution in [0.5, 0.6) is 0 Å². The molecule has 0 radical (unpaired) electrons. The minimum Gasteiger partial charge on any atom is -0.335 e. The van der Waals surface area contributed by atoms with E-state index >= 15 is 0 Å². The van der Waals surface area contributed by atoms with Crippen molar-refractivity contribution in [1.29, 1.82) is 0 Å². The highest BCUT2D eigenvalue weighted by atomic mass is 16.2. The Morgan fingerprint density at radius 1 is 1.77 bits per heavy atom. The molecule has 1 unspecified atom stereocenters. The van der Waals surface area contributed by atoms with Crippen LogP contribution < -0.4 is 5.32 Å². The highest BCUT2D eigenvalue weighted by Gasteiger charge is 2.33. The molecule has 0 aromatic rings. The van der Waals surface area contributed by atoms with Crippen molar-refractivity contribution in [3.63, 3.8) is 0 Å². The molecule has 0 spiro atoms. The van der Waals surface area contributed by atoms with E-state index in [0.29, 0.717) is 12.6 Å². The van der Waals surface area contributed by atoms with Gasteiger partial charge < -0.3 is 10.2 Å². The van der Waals surface area contributed by atoms with E-state index in [1.165, 1.54) is 0 Å². The number of hydrogen-bond donors (Lipinski definition) is 1. The first-order valence-electron chi connectivity index (χ1n) is 4.79. The van der Waals surface area contributed by atoms with Crippen molar-refractivity contribution < 1.29 is 4.79 Å². The van der Waals surface area contributed by atoms with Gasteiger partial charge in [-0.3, -0.25) is 4.79 Å². The highest BCUT2D eigenvalue weighted by molar-refractivity contribution is 5.82. The van der Waals surface area contributed by atoms with Crippen molar-refractivity contribution in [3.8, 4) is 0 Å². The highest BCUT2D eigenvalue weighted by Crippen LogP contribution is 2.27. The average Bonchev–Trinajstić information content (AvgIpc) is 2.95. The Bertz CT molecular complexity index is 199. The summed E-state index contributed by atoms with van der Waals surface area (Å²) in [7, 11) is 1.81. The predicted octanol–water partition coefficient (Wildman–Crippen LogP) is 0.771. The van der Waals surface area contributed by atoms with E-state index in [0.717, 1.165) is 12.8 Å². The van der Waals surface area contributed by atoms with Crippen LogP contribution in [0.2, 0.25) is 0 Å². The molecule has 1 aliphatic rings. The Balaban J connectivity index is 2.52. The molecule has 0 heterocycles. The Morgan fingerprint density at radius 3 is 2.77 bits per heavy atom. The summed E-state index contributed by atoms with van der Waals surface area (Å²) in [5.74, 6) is 0.185. The zero-order valence-corrected chi connectivity index (χ0v) is 8.42. The van der Waals surface area contributed by atoms with Crippen LogP contribution in [0.15, 0.2) is 12.7 Å². The Hall–Kier alpha value is -0.830. The minimum absolute atomic E-state index is 0.0828. The molecule has 0 aliphatic heterocycles. The maximum absolute atomic E-state index is 11.8. The number of likely N-dealkylation sites (N-methyl/N-ethyl adjacent to an activating group) is 1. The SMILES string of the molecule is C=CCN(C(=O)C(C)NC)C1CC1. The number of nitrogens with zero attached hydrogens (tertiary/aromatic N) is 1. The molecule has 13 heavy (non-hydrogen) atoms. The normalized spacial score (nSPS) is 18.0. The number of amides is 1. The predicted molar refractivity (Wildman–Crippen MR) is 53.5 cm³/mol. The molecule has 1 amide bonds. The summed E-state index contributed by atoms with van der Waals surface area (Å²) in [5.41, 5.74) is 0. The lowest BCUT2D eigenvalue weighted by molar-refractivity contribution is -0.132. The molecule has 74 valence electrons. The summed E-state index contributed by atoms with van der Waals surface area (Å²) in [6, 6.07) is 0.391. The molecule has 0 saturated heterocycles. The van der Waals surface area contributed by atoms with Gasteiger partial charge in [0.05, 0.1) is 6.04 Å². The van der Waals surface area contributed by atoms with Gasteiger partial charge >= 0.3 is 0 Å². The zero-order chi connectivity index (χ0) is 9.84. The van der Waals surface area contributed by atoms with Crippen molar-refractivity contribution in [2.24, 2.45) is 0 Å². The van der Waals surface area contributed by atoms with Crippen LogP contribution in [0, 0.1) is 0 Å². The second-order valence-electron chi connectivity index (χ2n) is 3.52. The molecular weight excluding hydrogens is 164 g/mol. The Labute approximate surface area is 79.8 Å². The maximum atomic E-state index is 11.8. The van der Waals surface area contributed by atoms with E-state index in [2.05, 4.69) is 11.9 Å². The van der Waals surface area contributed by atoms with Gasteiger partial charge in [0.25, 0.3) is 0 Å². The Morgan fingerprint density at radius 2 is 2.38 bits per heavy atom. The molecular formula is C10H18N2O. The van der Waals surface area contributed by atoms with Gasteiger partial charge in [-0.2, -0.15) is 0 Å². The van der Waals surface area contributed by atoms with Crippen LogP contribution in [-0.4, -0.2) is 36.5 Å². The van der Waals surface area contributed by atoms with Crippen LogP contribution in [0.4, 0.5) is 0 Å². The maximum Gasteiger partial charge on any atom is 0.239 e. The van der Waals surface area contributed by atoms with E-state index < -0.39 is 0 Å². The smallest absolute Gasteiger partial charge is 0.239 e. The lowest BCUT2D eigenvalue weighted by atomic mass is 10.3. The van der Waals surface area contributed by atoms with Gasteiger partial charge in [0, 0.05) is 12.6 Å². The number of nitrogens with one attached hydrogen (secondary N) is 1. The van der Waals surface area contributed by atoms with Crippen LogP contribution in [-0.2, 0) is 4.79 Å². The topological polar surface area (TPSA) is 32.3 Å². The van der Waals surface area contributed by atoms with E-state index in [1.807, 2.05) is 18.9 Å². The largest absolute Gasteiger partial charge is 0.335 e. The summed E-state index contributed by atoms with van der Waals surface area (Å²) >= 11 is 0. The summed E-state index contributed by atoms with van der Waals surface area (Å²) < 4.78 is 0. The van der Waals surface area contributed by atoms with Crippen LogP contribution in [0.25, 0.3) is 0 Å². The molecule has 1 fully saturated rings. The van der Waals surface area contributed by atoms with Crippen molar-refractivity contribution in [3.05, 3.63) is 12.7 Å². The van der Waals surface area contributed by atoms with Crippen molar-refractivity contribution >= 4 is 5.91 Å². The number of carbonyl (C=O) groups is 1. The molecule has 0 aromatic heterocycles. The third-order valence-electron chi connectivity index (χ3n) is 2.40. The number of hydrogen-bond acceptors (Lipinski definition) is 2. The van der Waals surface area contributed by atoms with Gasteiger partial charge in [0.1, 0.15) is 0 Å². The molecule has 1 N–H and O–H groups in total. The standard InChI is InChI=1S/C10H18N2O/c1-4-7-12(9-5-6-9)10(13)8(2)11-3/h4,8-9,11H,1,5-7H2,2-3H3. The van der Waals surface area contributed by atoms with E-state index in [1.54, 1.807) is 6.08 Å². The van der Waals surface area contributed by atoms with Gasteiger partial charge in [-0.15, -0.1) is 6.58 Å². The fourth-order valence-corrected chi connectivity index (χ4v) is 1.32. The summed E-state index contributed by atoms with van der Waals surface area (Å²) in [6.07, 6.45) is 4.09. The quantitative estimate of drug-likeness (QED) is 0.637. The summed E-state index contributed by atoms with van der Waals surface area (Å²) in [6.45, 7) is 6.23. The lowest BCUT2D eigenvalue weighted by Crippen LogP contribution is -2.44. The van der Waals surface area contributed by atoms with E-state index in [-0.39, 0.29) is 11.9 Å². The average molecular weight is 182 g/mol. The second kappa shape index (κ2) is 4.42. The van der Waals surface area contributed by atoms with Crippen LogP contribution in [0.3, 0.4) is 0 Å². The van der Waals surface area contributed by atoms with E-state index in [4.69, 9.17) is 0 Å². The molecule has 1 saturated carbocycles. The lowest BCUT2D eigenvalue weighted by Gasteiger charge is -2.24. The van der Waals surface area contributed by atoms with Gasteiger partial charge in [-0.25, -0.2) is 0 Å². The molecule has 3 heteroatoms. The molecule has 1 rings (SSSR count). The fourth-order valence-electron chi connectivity index (χ4n) is 1.32. The first-order valence-corrected chi connectivity index (χ1v) is 4.79. The van der Waals surface area contributed by atoms with Gasteiger partial charge in [-0.1, -0.05) is 6.08 Å². The Kier molecular flexibility index (Phi) is 3.48. The third kappa shape index (κ3) is 2.56. The third-order valence-corrected chi connectivity index (χ3v) is 2.40. The van der Waals surface area contributed by atoms with Gasteiger partial charge in [0.2, 0.25) is 5.91 Å². The number of rotatable bonds is 5. The summed E-state index contributed by atoms with van der Waals surface area (Å²) in [4.78, 5) is 13.7. The molecule has 0 bridgehead atoms. The molecule has 1 atom stereocenters. The van der Waals surface area contributed by atoms with Gasteiger partial charge in [-0.05, 0) is 26.8 Å². The van der Waals surface area contributed by atoms with E-state index in [9.17, 15) is 4.79 Å². The first-order chi connectivity index (χ1) is 6.20. The minimum atomic E-state index is -0.0828. The monoisotopic (exact) mass is 182 g/mol. The van der Waals surface area contributed by atoms with Crippen molar-refractivity contribution in [1.82, 2.24) is 10.2 Å². The molecule has 1 aliphatic carbocycles. The van der Waals surface area contributed by atoms with Crippen LogP contribution >= 0.6 is 0 Å². The second-order valence-corrected chi connectivity index (χ2v) is 3.52. The fraction of sp³-hybridized carbons (Fsp3) is 0.700. The molecule has 3 nitrogen and oxygen atoms in total. The summed E-state index contributed by atoms with van der Waals surface area (Å²) in [5, 5.41) is 2.96. The zero-order valence-electron chi connectivity index (χ0n) is 8.42. The first kappa shape index (κ1) is 10.3. The number of carbonyl (C=O) groups excluding carboxylic acids is 1. The van der Waals surface area contributed by atoms with Gasteiger partial charge in [0.15, 0.2) is 0 Å².